The van der Waals surface area contributed by atoms with Crippen molar-refractivity contribution in [2.75, 3.05) is 0 Å². The summed E-state index contributed by atoms with van der Waals surface area (Å²) >= 11 is 6.01. The number of nitrogens with zero attached hydrogens (tertiary/aromatic N) is 3. The standard InChI is InChI=1S/C15H8ClN3O/c16-12-4-3-10-6-11(8-17)15(20)19(14(10)7-12)13-2-1-5-18-9-13/h1-7,9H. The van der Waals surface area contributed by atoms with Crippen molar-refractivity contribution in [3.63, 3.8) is 0 Å². The van der Waals surface area contributed by atoms with Crippen molar-refractivity contribution in [2.45, 2.75) is 0 Å². The summed E-state index contributed by atoms with van der Waals surface area (Å²) in [7, 11) is 0. The van der Waals surface area contributed by atoms with Crippen LogP contribution >= 0.6 is 11.6 Å². The molecule has 0 bridgehead atoms. The average molecular weight is 282 g/mol. The molecule has 4 nitrogen and oxygen atoms in total. The van der Waals surface area contributed by atoms with E-state index in [0.29, 0.717) is 16.2 Å². The summed E-state index contributed by atoms with van der Waals surface area (Å²) < 4.78 is 1.45. The van der Waals surface area contributed by atoms with Crippen LogP contribution in [0.3, 0.4) is 0 Å². The fourth-order valence-electron chi connectivity index (χ4n) is 2.10. The van der Waals surface area contributed by atoms with Crippen molar-refractivity contribution < 1.29 is 0 Å². The van der Waals surface area contributed by atoms with Gasteiger partial charge in [-0.25, -0.2) is 0 Å². The minimum absolute atomic E-state index is 0.0867. The molecule has 2 heterocycles. The molecule has 20 heavy (non-hydrogen) atoms. The van der Waals surface area contributed by atoms with Crippen LogP contribution in [0.4, 0.5) is 0 Å². The van der Waals surface area contributed by atoms with Gasteiger partial charge in [0.2, 0.25) is 0 Å². The maximum atomic E-state index is 12.4. The van der Waals surface area contributed by atoms with Crippen molar-refractivity contribution in [1.29, 1.82) is 5.26 Å². The average Bonchev–Trinajstić information content (AvgIpc) is 2.47. The van der Waals surface area contributed by atoms with Crippen molar-refractivity contribution >= 4 is 22.5 Å². The van der Waals surface area contributed by atoms with Gasteiger partial charge >= 0.3 is 0 Å². The lowest BCUT2D eigenvalue weighted by Gasteiger charge is -2.10. The highest BCUT2D eigenvalue weighted by molar-refractivity contribution is 6.31. The molecule has 3 aromatic rings. The van der Waals surface area contributed by atoms with Crippen LogP contribution in [0.1, 0.15) is 5.56 Å². The van der Waals surface area contributed by atoms with Crippen LogP contribution in [0.25, 0.3) is 16.6 Å². The van der Waals surface area contributed by atoms with E-state index in [1.165, 1.54) is 4.57 Å². The Morgan fingerprint density at radius 3 is 2.80 bits per heavy atom. The molecule has 0 spiro atoms. The topological polar surface area (TPSA) is 58.7 Å². The highest BCUT2D eigenvalue weighted by Crippen LogP contribution is 2.21. The van der Waals surface area contributed by atoms with Crippen LogP contribution < -0.4 is 5.56 Å². The lowest BCUT2D eigenvalue weighted by molar-refractivity contribution is 1.02. The highest BCUT2D eigenvalue weighted by atomic mass is 35.5. The van der Waals surface area contributed by atoms with Gasteiger partial charge in [-0.2, -0.15) is 5.26 Å². The quantitative estimate of drug-likeness (QED) is 0.689. The van der Waals surface area contributed by atoms with Gasteiger partial charge in [0.05, 0.1) is 17.4 Å². The van der Waals surface area contributed by atoms with E-state index in [1.54, 1.807) is 48.8 Å². The summed E-state index contributed by atoms with van der Waals surface area (Å²) in [6, 6.07) is 12.2. The Kier molecular flexibility index (Phi) is 2.97. The Labute approximate surface area is 119 Å². The molecule has 2 aromatic heterocycles. The fraction of sp³-hybridized carbons (Fsp3) is 0. The second kappa shape index (κ2) is 4.80. The third-order valence-electron chi connectivity index (χ3n) is 2.99. The van der Waals surface area contributed by atoms with Gasteiger partial charge in [0.25, 0.3) is 5.56 Å². The fourth-order valence-corrected chi connectivity index (χ4v) is 2.27. The molecule has 3 rings (SSSR count). The molecule has 0 atom stereocenters. The van der Waals surface area contributed by atoms with E-state index in [0.717, 1.165) is 5.39 Å². The first-order chi connectivity index (χ1) is 9.70. The third kappa shape index (κ3) is 1.94. The monoisotopic (exact) mass is 281 g/mol. The summed E-state index contributed by atoms with van der Waals surface area (Å²) in [5.41, 5.74) is 0.954. The zero-order valence-corrected chi connectivity index (χ0v) is 11.0. The van der Waals surface area contributed by atoms with E-state index in [4.69, 9.17) is 16.9 Å². The second-order valence-corrected chi connectivity index (χ2v) is 4.66. The largest absolute Gasteiger partial charge is 0.274 e. The van der Waals surface area contributed by atoms with Crippen molar-refractivity contribution in [2.24, 2.45) is 0 Å². The van der Waals surface area contributed by atoms with Crippen molar-refractivity contribution in [1.82, 2.24) is 9.55 Å². The molecule has 96 valence electrons. The van der Waals surface area contributed by atoms with Crippen LogP contribution in [0.5, 0.6) is 0 Å². The van der Waals surface area contributed by atoms with E-state index >= 15 is 0 Å². The Morgan fingerprint density at radius 1 is 1.25 bits per heavy atom. The molecule has 1 aromatic carbocycles. The minimum atomic E-state index is -0.379. The molecule has 0 saturated heterocycles. The number of hydrogen-bond donors (Lipinski definition) is 0. The van der Waals surface area contributed by atoms with E-state index < -0.39 is 0 Å². The maximum Gasteiger partial charge on any atom is 0.273 e. The highest BCUT2D eigenvalue weighted by Gasteiger charge is 2.11. The van der Waals surface area contributed by atoms with Crippen LogP contribution in [0, 0.1) is 11.3 Å². The van der Waals surface area contributed by atoms with Crippen LogP contribution in [-0.4, -0.2) is 9.55 Å². The first-order valence-corrected chi connectivity index (χ1v) is 6.24. The van der Waals surface area contributed by atoms with Gasteiger partial charge in [0, 0.05) is 16.6 Å². The number of halogens is 1. The molecule has 0 N–H and O–H groups in total. The number of hydrogen-bond acceptors (Lipinski definition) is 3. The maximum absolute atomic E-state index is 12.4. The molecular weight excluding hydrogens is 274 g/mol. The zero-order valence-electron chi connectivity index (χ0n) is 10.2. The Bertz CT molecular complexity index is 895. The third-order valence-corrected chi connectivity index (χ3v) is 3.23. The first-order valence-electron chi connectivity index (χ1n) is 5.86. The molecule has 0 unspecified atom stereocenters. The summed E-state index contributed by atoms with van der Waals surface area (Å²) in [5, 5.41) is 10.4. The van der Waals surface area contributed by atoms with E-state index in [9.17, 15) is 4.79 Å². The SMILES string of the molecule is N#Cc1cc2ccc(Cl)cc2n(-c2cccnc2)c1=O. The number of pyridine rings is 2. The van der Waals surface area contributed by atoms with E-state index in [-0.39, 0.29) is 11.1 Å². The number of fused-ring (bicyclic) bond motifs is 1. The lowest BCUT2D eigenvalue weighted by atomic mass is 10.1. The van der Waals surface area contributed by atoms with Gasteiger partial charge in [-0.1, -0.05) is 17.7 Å². The number of nitriles is 1. The van der Waals surface area contributed by atoms with Crippen LogP contribution in [0.15, 0.2) is 53.6 Å². The van der Waals surface area contributed by atoms with Gasteiger partial charge in [0.15, 0.2) is 0 Å². The lowest BCUT2D eigenvalue weighted by Crippen LogP contribution is -2.21. The number of rotatable bonds is 1. The second-order valence-electron chi connectivity index (χ2n) is 4.22. The predicted octanol–water partition coefficient (Wildman–Crippen LogP) is 2.91. The zero-order chi connectivity index (χ0) is 14.1. The molecule has 0 fully saturated rings. The Balaban J connectivity index is 2.51. The molecule has 0 amide bonds. The molecular formula is C15H8ClN3O. The molecule has 0 radical (unpaired) electrons. The van der Waals surface area contributed by atoms with Gasteiger partial charge in [-0.15, -0.1) is 0 Å². The predicted molar refractivity (Wildman–Crippen MR) is 77.1 cm³/mol. The minimum Gasteiger partial charge on any atom is -0.274 e. The van der Waals surface area contributed by atoms with Gasteiger partial charge in [0.1, 0.15) is 11.6 Å². The van der Waals surface area contributed by atoms with Crippen molar-refractivity contribution in [3.05, 3.63) is 69.7 Å². The van der Waals surface area contributed by atoms with Crippen LogP contribution in [0.2, 0.25) is 5.02 Å². The summed E-state index contributed by atoms with van der Waals surface area (Å²) in [6.07, 6.45) is 3.20. The van der Waals surface area contributed by atoms with Crippen LogP contribution in [-0.2, 0) is 0 Å². The molecule has 0 saturated carbocycles. The summed E-state index contributed by atoms with van der Waals surface area (Å²) in [4.78, 5) is 16.4. The summed E-state index contributed by atoms with van der Waals surface area (Å²) in [5.74, 6) is 0. The number of aromatic nitrogens is 2. The summed E-state index contributed by atoms with van der Waals surface area (Å²) in [6.45, 7) is 0. The first kappa shape index (κ1) is 12.4. The molecule has 0 aliphatic rings. The van der Waals surface area contributed by atoms with Gasteiger partial charge in [-0.05, 0) is 30.3 Å². The molecule has 0 aliphatic heterocycles. The molecule has 5 heteroatoms. The Hall–Kier alpha value is -2.64. The van der Waals surface area contributed by atoms with Gasteiger partial charge < -0.3 is 0 Å². The van der Waals surface area contributed by atoms with Crippen molar-refractivity contribution in [3.8, 4) is 11.8 Å². The van der Waals surface area contributed by atoms with E-state index in [2.05, 4.69) is 4.98 Å². The van der Waals surface area contributed by atoms with Gasteiger partial charge in [-0.3, -0.25) is 14.3 Å². The normalized spacial score (nSPS) is 10.4. The Morgan fingerprint density at radius 2 is 2.10 bits per heavy atom. The van der Waals surface area contributed by atoms with E-state index in [1.807, 2.05) is 6.07 Å². The smallest absolute Gasteiger partial charge is 0.273 e. The number of benzene rings is 1. The molecule has 0 aliphatic carbocycles.